The maximum Gasteiger partial charge on any atom is 0.260 e. The molecule has 1 heterocycles. The molecule has 7 nitrogen and oxygen atoms in total. The van der Waals surface area contributed by atoms with E-state index in [1.54, 1.807) is 29.2 Å². The van der Waals surface area contributed by atoms with Gasteiger partial charge in [-0.15, -0.1) is 0 Å². The average molecular weight is 424 g/mol. The first kappa shape index (κ1) is 22.5. The maximum atomic E-state index is 12.5. The number of carbonyl (C=O) groups is 3. The number of hydrogen-bond acceptors (Lipinski definition) is 5. The molecule has 2 aromatic carbocycles. The molecule has 0 aliphatic carbocycles. The molecule has 0 atom stereocenters. The minimum atomic E-state index is -0.103. The fourth-order valence-electron chi connectivity index (χ4n) is 3.54. The molecular weight excluding hydrogens is 394 g/mol. The minimum absolute atomic E-state index is 0.0462. The van der Waals surface area contributed by atoms with Crippen molar-refractivity contribution in [3.05, 3.63) is 59.7 Å². The highest BCUT2D eigenvalue weighted by molar-refractivity contribution is 5.94. The second kappa shape index (κ2) is 10.7. The van der Waals surface area contributed by atoms with Crippen molar-refractivity contribution in [3.63, 3.8) is 0 Å². The van der Waals surface area contributed by atoms with Gasteiger partial charge in [-0.2, -0.15) is 0 Å². The summed E-state index contributed by atoms with van der Waals surface area (Å²) < 4.78 is 5.57. The van der Waals surface area contributed by atoms with Crippen LogP contribution >= 0.6 is 0 Å². The van der Waals surface area contributed by atoms with Crippen LogP contribution in [0.5, 0.6) is 5.75 Å². The van der Waals surface area contributed by atoms with Crippen molar-refractivity contribution in [3.8, 4) is 5.75 Å². The third-order valence-corrected chi connectivity index (χ3v) is 5.37. The number of nitrogens with one attached hydrogen (secondary N) is 1. The van der Waals surface area contributed by atoms with E-state index in [0.717, 1.165) is 17.7 Å². The zero-order valence-corrected chi connectivity index (χ0v) is 18.1. The SMILES string of the molecule is CCc1ccccc1NC(=O)CN1CCN(C(=O)COc2cccc(C(C)=O)c2)CC1. The molecule has 7 heteroatoms. The Balaban J connectivity index is 1.42. The molecule has 1 fully saturated rings. The summed E-state index contributed by atoms with van der Waals surface area (Å²) in [5, 5.41) is 2.99. The lowest BCUT2D eigenvalue weighted by atomic mass is 10.1. The Morgan fingerprint density at radius 2 is 1.74 bits per heavy atom. The first-order chi connectivity index (χ1) is 15.0. The number of ketones is 1. The van der Waals surface area contributed by atoms with Crippen molar-refractivity contribution in [2.75, 3.05) is 44.6 Å². The molecule has 164 valence electrons. The van der Waals surface area contributed by atoms with E-state index >= 15 is 0 Å². The van der Waals surface area contributed by atoms with Gasteiger partial charge in [0, 0.05) is 37.4 Å². The summed E-state index contributed by atoms with van der Waals surface area (Å²) in [6.45, 7) is 6.15. The van der Waals surface area contributed by atoms with Crippen molar-refractivity contribution < 1.29 is 19.1 Å². The fraction of sp³-hybridized carbons (Fsp3) is 0.375. The van der Waals surface area contributed by atoms with Gasteiger partial charge in [-0.1, -0.05) is 37.3 Å². The molecular formula is C24H29N3O4. The predicted molar refractivity (Wildman–Crippen MR) is 119 cm³/mol. The number of ether oxygens (including phenoxy) is 1. The van der Waals surface area contributed by atoms with Crippen molar-refractivity contribution in [1.82, 2.24) is 9.80 Å². The largest absolute Gasteiger partial charge is 0.484 e. The van der Waals surface area contributed by atoms with Crippen molar-refractivity contribution in [1.29, 1.82) is 0 Å². The molecule has 1 saturated heterocycles. The number of benzene rings is 2. The Hall–Kier alpha value is -3.19. The Morgan fingerprint density at radius 3 is 2.45 bits per heavy atom. The van der Waals surface area contributed by atoms with Gasteiger partial charge in [-0.25, -0.2) is 0 Å². The third-order valence-electron chi connectivity index (χ3n) is 5.37. The van der Waals surface area contributed by atoms with E-state index < -0.39 is 0 Å². The predicted octanol–water partition coefficient (Wildman–Crippen LogP) is 2.61. The average Bonchev–Trinajstić information content (AvgIpc) is 2.78. The Labute approximate surface area is 183 Å². The van der Waals surface area contributed by atoms with Gasteiger partial charge < -0.3 is 15.0 Å². The molecule has 0 aromatic heterocycles. The number of rotatable bonds is 8. The third kappa shape index (κ3) is 6.39. The molecule has 2 aromatic rings. The van der Waals surface area contributed by atoms with Crippen molar-refractivity contribution in [2.24, 2.45) is 0 Å². The topological polar surface area (TPSA) is 79.0 Å². The molecule has 0 radical (unpaired) electrons. The molecule has 3 rings (SSSR count). The van der Waals surface area contributed by atoms with E-state index in [4.69, 9.17) is 4.74 Å². The molecule has 1 N–H and O–H groups in total. The number of carbonyl (C=O) groups excluding carboxylic acids is 3. The number of aryl methyl sites for hydroxylation is 1. The van der Waals surface area contributed by atoms with Crippen LogP contribution in [0.2, 0.25) is 0 Å². The van der Waals surface area contributed by atoms with E-state index in [0.29, 0.717) is 44.0 Å². The van der Waals surface area contributed by atoms with Gasteiger partial charge in [-0.05, 0) is 37.1 Å². The summed E-state index contributed by atoms with van der Waals surface area (Å²) in [6, 6.07) is 14.6. The van der Waals surface area contributed by atoms with Crippen LogP contribution in [0.3, 0.4) is 0 Å². The van der Waals surface area contributed by atoms with Gasteiger partial charge in [-0.3, -0.25) is 19.3 Å². The highest BCUT2D eigenvalue weighted by Crippen LogP contribution is 2.16. The summed E-state index contributed by atoms with van der Waals surface area (Å²) >= 11 is 0. The van der Waals surface area contributed by atoms with E-state index in [2.05, 4.69) is 12.2 Å². The van der Waals surface area contributed by atoms with Gasteiger partial charge in [0.1, 0.15) is 5.75 Å². The van der Waals surface area contributed by atoms with Gasteiger partial charge in [0.25, 0.3) is 5.91 Å². The number of nitrogens with zero attached hydrogens (tertiary/aromatic N) is 2. The number of Topliss-reactive ketones (excluding diaryl/α,β-unsaturated/α-hetero) is 1. The lowest BCUT2D eigenvalue weighted by Crippen LogP contribution is -2.51. The zero-order valence-electron chi connectivity index (χ0n) is 18.1. The van der Waals surface area contributed by atoms with E-state index in [1.165, 1.54) is 6.92 Å². The smallest absolute Gasteiger partial charge is 0.260 e. The second-order valence-electron chi connectivity index (χ2n) is 7.59. The Bertz CT molecular complexity index is 936. The molecule has 31 heavy (non-hydrogen) atoms. The summed E-state index contributed by atoms with van der Waals surface area (Å²) in [5.74, 6) is 0.308. The number of amides is 2. The second-order valence-corrected chi connectivity index (χ2v) is 7.59. The number of hydrogen-bond donors (Lipinski definition) is 1. The van der Waals surface area contributed by atoms with Crippen LogP contribution in [0.25, 0.3) is 0 Å². The quantitative estimate of drug-likeness (QED) is 0.661. The first-order valence-electron chi connectivity index (χ1n) is 10.6. The number of piperazine rings is 1. The summed E-state index contributed by atoms with van der Waals surface area (Å²) in [4.78, 5) is 40.1. The summed E-state index contributed by atoms with van der Waals surface area (Å²) in [7, 11) is 0. The molecule has 1 aliphatic heterocycles. The van der Waals surface area contributed by atoms with Crippen LogP contribution in [0, 0.1) is 0 Å². The molecule has 0 unspecified atom stereocenters. The first-order valence-corrected chi connectivity index (χ1v) is 10.6. The van der Waals surface area contributed by atoms with Gasteiger partial charge in [0.05, 0.1) is 6.54 Å². The number of anilines is 1. The van der Waals surface area contributed by atoms with Crippen LogP contribution < -0.4 is 10.1 Å². The minimum Gasteiger partial charge on any atom is -0.484 e. The Morgan fingerprint density at radius 1 is 1.00 bits per heavy atom. The van der Waals surface area contributed by atoms with Gasteiger partial charge in [0.2, 0.25) is 5.91 Å². The zero-order chi connectivity index (χ0) is 22.2. The molecule has 0 saturated carbocycles. The van der Waals surface area contributed by atoms with Crippen LogP contribution in [0.1, 0.15) is 29.8 Å². The fourth-order valence-corrected chi connectivity index (χ4v) is 3.54. The monoisotopic (exact) mass is 423 g/mol. The van der Waals surface area contributed by atoms with E-state index in [1.807, 2.05) is 29.2 Å². The molecule has 0 spiro atoms. The summed E-state index contributed by atoms with van der Waals surface area (Å²) in [6.07, 6.45) is 0.859. The van der Waals surface area contributed by atoms with Crippen LogP contribution in [-0.4, -0.2) is 66.7 Å². The van der Waals surface area contributed by atoms with E-state index in [9.17, 15) is 14.4 Å². The standard InChI is InChI=1S/C24H29N3O4/c1-3-19-7-4-5-10-22(19)25-23(29)16-26-11-13-27(14-12-26)24(30)17-31-21-9-6-8-20(15-21)18(2)28/h4-10,15H,3,11-14,16-17H2,1-2H3,(H,25,29). The molecule has 2 amide bonds. The highest BCUT2D eigenvalue weighted by atomic mass is 16.5. The number of para-hydroxylation sites is 1. The van der Waals surface area contributed by atoms with Crippen LogP contribution in [0.15, 0.2) is 48.5 Å². The normalized spacial score (nSPS) is 14.2. The van der Waals surface area contributed by atoms with Crippen molar-refractivity contribution in [2.45, 2.75) is 20.3 Å². The van der Waals surface area contributed by atoms with Gasteiger partial charge in [0.15, 0.2) is 12.4 Å². The summed E-state index contributed by atoms with van der Waals surface area (Å²) in [5.41, 5.74) is 2.52. The van der Waals surface area contributed by atoms with Crippen LogP contribution in [-0.2, 0) is 16.0 Å². The van der Waals surface area contributed by atoms with Crippen molar-refractivity contribution >= 4 is 23.3 Å². The highest BCUT2D eigenvalue weighted by Gasteiger charge is 2.23. The maximum absolute atomic E-state index is 12.5. The molecule has 0 bridgehead atoms. The van der Waals surface area contributed by atoms with E-state index in [-0.39, 0.29) is 24.2 Å². The van der Waals surface area contributed by atoms with Gasteiger partial charge >= 0.3 is 0 Å². The van der Waals surface area contributed by atoms with Crippen LogP contribution in [0.4, 0.5) is 5.69 Å². The lowest BCUT2D eigenvalue weighted by molar-refractivity contribution is -0.135. The Kier molecular flexibility index (Phi) is 7.78. The molecule has 1 aliphatic rings. The lowest BCUT2D eigenvalue weighted by Gasteiger charge is -2.34.